The summed E-state index contributed by atoms with van der Waals surface area (Å²) in [5, 5.41) is 0. The molecule has 0 radical (unpaired) electrons. The number of rotatable bonds is 5. The molecule has 0 aromatic carbocycles. The van der Waals surface area contributed by atoms with E-state index < -0.39 is 0 Å². The first kappa shape index (κ1) is 18.7. The van der Waals surface area contributed by atoms with Gasteiger partial charge in [0.2, 0.25) is 0 Å². The maximum Gasteiger partial charge on any atom is 0.311 e. The van der Waals surface area contributed by atoms with Crippen molar-refractivity contribution in [3.05, 3.63) is 12.7 Å². The smallest absolute Gasteiger partial charge is 0.311 e. The van der Waals surface area contributed by atoms with Crippen LogP contribution in [0.15, 0.2) is 12.7 Å². The summed E-state index contributed by atoms with van der Waals surface area (Å²) in [4.78, 5) is 22.4. The van der Waals surface area contributed by atoms with E-state index >= 15 is 0 Å². The van der Waals surface area contributed by atoms with E-state index in [-0.39, 0.29) is 23.3 Å². The van der Waals surface area contributed by atoms with Crippen LogP contribution in [0.25, 0.3) is 0 Å². The lowest BCUT2D eigenvalue weighted by Crippen LogP contribution is -2.29. The lowest BCUT2D eigenvalue weighted by atomic mass is 9.81. The third-order valence-corrected chi connectivity index (χ3v) is 4.90. The minimum atomic E-state index is -0.178. The Morgan fingerprint density at radius 2 is 1.68 bits per heavy atom. The van der Waals surface area contributed by atoms with Gasteiger partial charge in [-0.15, -0.1) is 6.58 Å². The third kappa shape index (κ3) is 5.15. The second-order valence-electron chi connectivity index (χ2n) is 6.31. The second kappa shape index (κ2) is 9.65. The fourth-order valence-corrected chi connectivity index (χ4v) is 3.53. The van der Waals surface area contributed by atoms with Crippen LogP contribution in [0.3, 0.4) is 0 Å². The molecular formula is C18H30O4. The van der Waals surface area contributed by atoms with Gasteiger partial charge in [0, 0.05) is 0 Å². The van der Waals surface area contributed by atoms with Gasteiger partial charge in [0.1, 0.15) is 0 Å². The quantitative estimate of drug-likeness (QED) is 0.568. The van der Waals surface area contributed by atoms with Crippen LogP contribution in [-0.4, -0.2) is 26.2 Å². The predicted octanol–water partition coefficient (Wildman–Crippen LogP) is 4.04. The number of hydrogen-bond acceptors (Lipinski definition) is 4. The Balaban J connectivity index is 0.000000235. The molecule has 2 aliphatic carbocycles. The Morgan fingerprint density at radius 3 is 2.14 bits per heavy atom. The zero-order chi connectivity index (χ0) is 16.4. The number of allylic oxidation sites excluding steroid dienone is 1. The van der Waals surface area contributed by atoms with E-state index in [0.29, 0.717) is 0 Å². The fourth-order valence-electron chi connectivity index (χ4n) is 3.53. The lowest BCUT2D eigenvalue weighted by Gasteiger charge is -2.24. The van der Waals surface area contributed by atoms with E-state index in [4.69, 9.17) is 4.74 Å². The molecule has 4 nitrogen and oxygen atoms in total. The first-order valence-corrected chi connectivity index (χ1v) is 8.37. The highest BCUT2D eigenvalue weighted by atomic mass is 16.5. The average molecular weight is 310 g/mol. The molecule has 0 N–H and O–H groups in total. The molecule has 2 aliphatic rings. The van der Waals surface area contributed by atoms with E-state index in [1.807, 2.05) is 6.08 Å². The third-order valence-electron chi connectivity index (χ3n) is 4.90. The van der Waals surface area contributed by atoms with Crippen LogP contribution in [0.2, 0.25) is 0 Å². The van der Waals surface area contributed by atoms with Gasteiger partial charge in [0.25, 0.3) is 0 Å². The molecule has 0 bridgehead atoms. The monoisotopic (exact) mass is 310 g/mol. The summed E-state index contributed by atoms with van der Waals surface area (Å²) in [5.74, 6) is 0.175. The Bertz CT molecular complexity index is 363. The van der Waals surface area contributed by atoms with Crippen molar-refractivity contribution < 1.29 is 19.1 Å². The second-order valence-corrected chi connectivity index (χ2v) is 6.31. The molecule has 2 fully saturated rings. The van der Waals surface area contributed by atoms with E-state index in [1.165, 1.54) is 27.1 Å². The summed E-state index contributed by atoms with van der Waals surface area (Å²) in [7, 11) is 2.94. The van der Waals surface area contributed by atoms with Crippen LogP contribution in [0, 0.1) is 11.3 Å². The molecule has 0 saturated heterocycles. The number of ether oxygens (including phenoxy) is 2. The van der Waals surface area contributed by atoms with Crippen LogP contribution >= 0.6 is 0 Å². The number of carbonyl (C=O) groups excluding carboxylic acids is 2. The van der Waals surface area contributed by atoms with Crippen LogP contribution in [0.1, 0.15) is 64.2 Å². The zero-order valence-electron chi connectivity index (χ0n) is 14.1. The summed E-state index contributed by atoms with van der Waals surface area (Å²) < 4.78 is 9.46. The highest BCUT2D eigenvalue weighted by Crippen LogP contribution is 2.42. The number of methoxy groups -OCH3 is 2. The molecule has 126 valence electrons. The van der Waals surface area contributed by atoms with Gasteiger partial charge in [-0.25, -0.2) is 0 Å². The summed E-state index contributed by atoms with van der Waals surface area (Å²) >= 11 is 0. The van der Waals surface area contributed by atoms with Crippen molar-refractivity contribution in [2.45, 2.75) is 64.2 Å². The van der Waals surface area contributed by atoms with Crippen LogP contribution < -0.4 is 0 Å². The van der Waals surface area contributed by atoms with Crippen molar-refractivity contribution in [3.8, 4) is 0 Å². The Morgan fingerprint density at radius 1 is 1.09 bits per heavy atom. The van der Waals surface area contributed by atoms with Crippen LogP contribution in [-0.2, 0) is 19.1 Å². The number of carbonyl (C=O) groups is 2. The number of esters is 2. The normalized spacial score (nSPS) is 19.9. The molecule has 0 unspecified atom stereocenters. The van der Waals surface area contributed by atoms with Gasteiger partial charge >= 0.3 is 11.9 Å². The Hall–Kier alpha value is -1.32. The molecule has 4 heteroatoms. The maximum absolute atomic E-state index is 11.6. The van der Waals surface area contributed by atoms with Gasteiger partial charge in [0.15, 0.2) is 0 Å². The average Bonchev–Trinajstić information content (AvgIpc) is 3.24. The Kier molecular flexibility index (Phi) is 8.21. The van der Waals surface area contributed by atoms with E-state index in [9.17, 15) is 9.59 Å². The molecular weight excluding hydrogens is 280 g/mol. The molecule has 0 spiro atoms. The van der Waals surface area contributed by atoms with Crippen molar-refractivity contribution in [3.63, 3.8) is 0 Å². The highest BCUT2D eigenvalue weighted by Gasteiger charge is 2.41. The van der Waals surface area contributed by atoms with Gasteiger partial charge in [0.05, 0.1) is 25.6 Å². The molecule has 0 aliphatic heterocycles. The molecule has 0 atom stereocenters. The minimum absolute atomic E-state index is 0.0208. The summed E-state index contributed by atoms with van der Waals surface area (Å²) in [5.41, 5.74) is -0.178. The van der Waals surface area contributed by atoms with Crippen molar-refractivity contribution in [1.82, 2.24) is 0 Å². The topological polar surface area (TPSA) is 52.6 Å². The molecule has 0 amide bonds. The van der Waals surface area contributed by atoms with Gasteiger partial charge < -0.3 is 9.47 Å². The van der Waals surface area contributed by atoms with Gasteiger partial charge in [-0.2, -0.15) is 0 Å². The van der Waals surface area contributed by atoms with Gasteiger partial charge in [-0.05, 0) is 38.5 Å². The largest absolute Gasteiger partial charge is 0.469 e. The van der Waals surface area contributed by atoms with Crippen LogP contribution in [0.4, 0.5) is 0 Å². The minimum Gasteiger partial charge on any atom is -0.469 e. The summed E-state index contributed by atoms with van der Waals surface area (Å²) in [6.07, 6.45) is 12.5. The number of hydrogen-bond donors (Lipinski definition) is 0. The van der Waals surface area contributed by atoms with E-state index in [2.05, 4.69) is 11.3 Å². The van der Waals surface area contributed by atoms with Crippen molar-refractivity contribution in [2.75, 3.05) is 14.2 Å². The van der Waals surface area contributed by atoms with Gasteiger partial charge in [-0.3, -0.25) is 9.59 Å². The van der Waals surface area contributed by atoms with E-state index in [1.54, 1.807) is 0 Å². The molecule has 22 heavy (non-hydrogen) atoms. The molecule has 0 aromatic heterocycles. The first-order valence-electron chi connectivity index (χ1n) is 8.37. The maximum atomic E-state index is 11.6. The predicted molar refractivity (Wildman–Crippen MR) is 86.3 cm³/mol. The van der Waals surface area contributed by atoms with Crippen molar-refractivity contribution in [1.29, 1.82) is 0 Å². The molecule has 2 rings (SSSR count). The van der Waals surface area contributed by atoms with Crippen LogP contribution in [0.5, 0.6) is 0 Å². The summed E-state index contributed by atoms with van der Waals surface area (Å²) in [6, 6.07) is 0. The summed E-state index contributed by atoms with van der Waals surface area (Å²) in [6.45, 7) is 3.69. The van der Waals surface area contributed by atoms with Crippen molar-refractivity contribution in [2.24, 2.45) is 11.3 Å². The first-order chi connectivity index (χ1) is 10.6. The SMILES string of the molecule is C=CCCC1(C(=O)OC)CCCC1.COC(=O)C1CCCC1. The van der Waals surface area contributed by atoms with Crippen molar-refractivity contribution >= 4 is 11.9 Å². The Labute approximate surface area is 134 Å². The van der Waals surface area contributed by atoms with E-state index in [0.717, 1.165) is 51.4 Å². The standard InChI is InChI=1S/C11H18O2.C7H12O2/c1-3-4-7-11(10(12)13-2)8-5-6-9-11;1-9-7(8)6-4-2-3-5-6/h3H,1,4-9H2,2H3;6H,2-5H2,1H3. The zero-order valence-corrected chi connectivity index (χ0v) is 14.1. The lowest BCUT2D eigenvalue weighted by molar-refractivity contribution is -0.153. The molecule has 0 heterocycles. The molecule has 0 aromatic rings. The highest BCUT2D eigenvalue weighted by molar-refractivity contribution is 5.77. The molecule has 2 saturated carbocycles. The van der Waals surface area contributed by atoms with Gasteiger partial charge in [-0.1, -0.05) is 31.8 Å². The fraction of sp³-hybridized carbons (Fsp3) is 0.778.